The van der Waals surface area contributed by atoms with E-state index in [-0.39, 0.29) is 28.5 Å². The Labute approximate surface area is 224 Å². The maximum atomic E-state index is 13.3. The number of nitrogen functional groups attached to an aromatic ring is 1. The second kappa shape index (κ2) is 10.9. The van der Waals surface area contributed by atoms with E-state index in [2.05, 4.69) is 52.2 Å². The number of hydrogen-bond acceptors (Lipinski definition) is 9. The standard InChI is InChI=1S/C27H35N7O3S/c1-17(2)16-33(5)24-14-11-20(15-29-24)22-13-12-21(26(30-22)34-18(3)9-10-19(34)4)27(35)32-38(36,37)25-8-6-7-23(28)31-25/h6-8,11-15,17-19H,9-10,16H2,1-5H3,(H2,28,31)(H,32,35)/t18-,19+. The van der Waals surface area contributed by atoms with Crippen LogP contribution in [-0.2, 0) is 10.0 Å². The molecule has 1 saturated heterocycles. The van der Waals surface area contributed by atoms with E-state index in [9.17, 15) is 13.2 Å². The van der Waals surface area contributed by atoms with Crippen molar-refractivity contribution < 1.29 is 13.2 Å². The fourth-order valence-electron chi connectivity index (χ4n) is 4.81. The third-order valence-electron chi connectivity index (χ3n) is 6.64. The maximum absolute atomic E-state index is 13.3. The fraction of sp³-hybridized carbons (Fsp3) is 0.407. The van der Waals surface area contributed by atoms with Crippen LogP contribution in [0.25, 0.3) is 11.3 Å². The first-order valence-corrected chi connectivity index (χ1v) is 14.2. The fourth-order valence-corrected chi connectivity index (χ4v) is 5.75. The van der Waals surface area contributed by atoms with Gasteiger partial charge in [0.15, 0.2) is 5.03 Å². The summed E-state index contributed by atoms with van der Waals surface area (Å²) in [5.41, 5.74) is 7.26. The van der Waals surface area contributed by atoms with E-state index in [4.69, 9.17) is 10.7 Å². The van der Waals surface area contributed by atoms with Crippen LogP contribution >= 0.6 is 0 Å². The van der Waals surface area contributed by atoms with Crippen LogP contribution in [0.15, 0.2) is 53.7 Å². The average molecular weight is 538 g/mol. The Hall–Kier alpha value is -3.73. The molecule has 3 aromatic rings. The van der Waals surface area contributed by atoms with E-state index in [1.807, 2.05) is 19.2 Å². The number of anilines is 3. The van der Waals surface area contributed by atoms with E-state index in [1.165, 1.54) is 18.2 Å². The van der Waals surface area contributed by atoms with Gasteiger partial charge in [-0.2, -0.15) is 8.42 Å². The molecule has 1 amide bonds. The quantitative estimate of drug-likeness (QED) is 0.441. The molecule has 2 atom stereocenters. The molecule has 0 aliphatic carbocycles. The largest absolute Gasteiger partial charge is 0.384 e. The van der Waals surface area contributed by atoms with Gasteiger partial charge in [-0.15, -0.1) is 0 Å². The lowest BCUT2D eigenvalue weighted by Crippen LogP contribution is -2.37. The Kier molecular flexibility index (Phi) is 7.86. The Balaban J connectivity index is 1.69. The van der Waals surface area contributed by atoms with Gasteiger partial charge < -0.3 is 15.5 Å². The van der Waals surface area contributed by atoms with E-state index in [0.29, 0.717) is 17.4 Å². The highest BCUT2D eigenvalue weighted by molar-refractivity contribution is 7.90. The monoisotopic (exact) mass is 537 g/mol. The zero-order valence-electron chi connectivity index (χ0n) is 22.4. The summed E-state index contributed by atoms with van der Waals surface area (Å²) in [4.78, 5) is 30.8. The molecule has 1 fully saturated rings. The van der Waals surface area contributed by atoms with Crippen molar-refractivity contribution in [1.82, 2.24) is 19.7 Å². The number of pyridine rings is 3. The Morgan fingerprint density at radius 2 is 1.82 bits per heavy atom. The number of carbonyl (C=O) groups is 1. The van der Waals surface area contributed by atoms with E-state index in [1.54, 1.807) is 18.3 Å². The van der Waals surface area contributed by atoms with Crippen molar-refractivity contribution >= 4 is 33.4 Å². The van der Waals surface area contributed by atoms with Crippen LogP contribution in [0.5, 0.6) is 0 Å². The third-order valence-corrected chi connectivity index (χ3v) is 7.87. The van der Waals surface area contributed by atoms with Crippen molar-refractivity contribution in [2.75, 3.05) is 29.1 Å². The molecule has 1 aliphatic rings. The molecule has 3 N–H and O–H groups in total. The molecule has 38 heavy (non-hydrogen) atoms. The van der Waals surface area contributed by atoms with Gasteiger partial charge in [-0.05, 0) is 69.0 Å². The minimum atomic E-state index is -4.23. The van der Waals surface area contributed by atoms with Gasteiger partial charge in [0.1, 0.15) is 17.5 Å². The number of hydrogen-bond donors (Lipinski definition) is 2. The minimum absolute atomic E-state index is 0.0433. The second-order valence-electron chi connectivity index (χ2n) is 10.3. The molecule has 11 heteroatoms. The number of nitrogens with one attached hydrogen (secondary N) is 1. The van der Waals surface area contributed by atoms with Crippen molar-refractivity contribution in [1.29, 1.82) is 0 Å². The molecule has 0 bridgehead atoms. The maximum Gasteiger partial charge on any atom is 0.281 e. The number of nitrogens with two attached hydrogens (primary N) is 1. The van der Waals surface area contributed by atoms with E-state index in [0.717, 1.165) is 30.8 Å². The summed E-state index contributed by atoms with van der Waals surface area (Å²) in [5.74, 6) is 1.07. The Bertz CT molecular complexity index is 1400. The molecule has 202 valence electrons. The molecule has 1 aliphatic heterocycles. The molecule has 0 spiro atoms. The van der Waals surface area contributed by atoms with Gasteiger partial charge in [0.05, 0.1) is 11.3 Å². The highest BCUT2D eigenvalue weighted by Gasteiger charge is 2.33. The molecule has 10 nitrogen and oxygen atoms in total. The Morgan fingerprint density at radius 3 is 2.42 bits per heavy atom. The number of rotatable bonds is 8. The Morgan fingerprint density at radius 1 is 1.11 bits per heavy atom. The van der Waals surface area contributed by atoms with Crippen molar-refractivity contribution in [2.45, 2.75) is 57.6 Å². The second-order valence-corrected chi connectivity index (χ2v) is 11.9. The van der Waals surface area contributed by atoms with Crippen molar-refractivity contribution in [3.8, 4) is 11.3 Å². The number of carbonyl (C=O) groups excluding carboxylic acids is 1. The first-order valence-electron chi connectivity index (χ1n) is 12.7. The topological polar surface area (TPSA) is 134 Å². The molecule has 0 saturated carbocycles. The van der Waals surface area contributed by atoms with Crippen LogP contribution in [0.2, 0.25) is 0 Å². The highest BCUT2D eigenvalue weighted by atomic mass is 32.2. The normalized spacial score (nSPS) is 17.6. The first-order chi connectivity index (χ1) is 18.0. The predicted octanol–water partition coefficient (Wildman–Crippen LogP) is 3.71. The zero-order valence-corrected chi connectivity index (χ0v) is 23.2. The smallest absolute Gasteiger partial charge is 0.281 e. The van der Waals surface area contributed by atoms with Crippen LogP contribution < -0.4 is 20.3 Å². The molecule has 0 unspecified atom stereocenters. The lowest BCUT2D eigenvalue weighted by molar-refractivity contribution is 0.0981. The zero-order chi connectivity index (χ0) is 27.6. The van der Waals surface area contributed by atoms with Gasteiger partial charge in [-0.1, -0.05) is 19.9 Å². The number of aromatic nitrogens is 3. The molecular weight excluding hydrogens is 502 g/mol. The SMILES string of the molecule is CC(C)CN(C)c1ccc(-c2ccc(C(=O)NS(=O)(=O)c3cccc(N)n3)c(N3[C@H](C)CC[C@@H]3C)n2)cn1. The van der Waals surface area contributed by atoms with Crippen LogP contribution in [0, 0.1) is 5.92 Å². The van der Waals surface area contributed by atoms with Gasteiger partial charge in [-0.25, -0.2) is 19.7 Å². The summed E-state index contributed by atoms with van der Waals surface area (Å²) in [5, 5.41) is -0.325. The van der Waals surface area contributed by atoms with Gasteiger partial charge in [-0.3, -0.25) is 4.79 Å². The highest BCUT2D eigenvalue weighted by Crippen LogP contribution is 2.33. The van der Waals surface area contributed by atoms with Crippen LogP contribution in [0.4, 0.5) is 17.5 Å². The molecule has 4 rings (SSSR count). The molecule has 0 radical (unpaired) electrons. The van der Waals surface area contributed by atoms with Crippen molar-refractivity contribution in [2.24, 2.45) is 5.92 Å². The predicted molar refractivity (Wildman–Crippen MR) is 150 cm³/mol. The summed E-state index contributed by atoms with van der Waals surface area (Å²) in [6, 6.07) is 11.7. The molecule has 3 aromatic heterocycles. The summed E-state index contributed by atoms with van der Waals surface area (Å²) in [6.07, 6.45) is 3.65. The summed E-state index contributed by atoms with van der Waals surface area (Å²) < 4.78 is 27.9. The third kappa shape index (κ3) is 5.88. The first kappa shape index (κ1) is 27.3. The minimum Gasteiger partial charge on any atom is -0.384 e. The van der Waals surface area contributed by atoms with E-state index >= 15 is 0 Å². The van der Waals surface area contributed by atoms with Gasteiger partial charge >= 0.3 is 0 Å². The summed E-state index contributed by atoms with van der Waals surface area (Å²) >= 11 is 0. The lowest BCUT2D eigenvalue weighted by Gasteiger charge is -2.29. The molecule has 4 heterocycles. The summed E-state index contributed by atoms with van der Waals surface area (Å²) in [7, 11) is -2.22. The van der Waals surface area contributed by atoms with Crippen molar-refractivity contribution in [3.63, 3.8) is 0 Å². The van der Waals surface area contributed by atoms with Gasteiger partial charge in [0, 0.05) is 37.4 Å². The number of sulfonamides is 1. The van der Waals surface area contributed by atoms with Crippen LogP contribution in [0.3, 0.4) is 0 Å². The van der Waals surface area contributed by atoms with Crippen LogP contribution in [0.1, 0.15) is 50.9 Å². The number of amides is 1. The summed E-state index contributed by atoms with van der Waals surface area (Å²) in [6.45, 7) is 9.36. The molecular formula is C27H35N7O3S. The van der Waals surface area contributed by atoms with Gasteiger partial charge in [0.25, 0.3) is 15.9 Å². The van der Waals surface area contributed by atoms with Gasteiger partial charge in [0.2, 0.25) is 0 Å². The molecule has 0 aromatic carbocycles. The van der Waals surface area contributed by atoms with E-state index < -0.39 is 15.9 Å². The lowest BCUT2D eigenvalue weighted by atomic mass is 10.1. The average Bonchev–Trinajstić information content (AvgIpc) is 3.20. The number of nitrogens with zero attached hydrogens (tertiary/aromatic N) is 5. The van der Waals surface area contributed by atoms with Crippen LogP contribution in [-0.4, -0.2) is 55.0 Å². The van der Waals surface area contributed by atoms with Crippen molar-refractivity contribution in [3.05, 3.63) is 54.2 Å².